The lowest BCUT2D eigenvalue weighted by molar-refractivity contribution is 0.0250. The Morgan fingerprint density at radius 2 is 1.96 bits per heavy atom. The third kappa shape index (κ3) is 4.05. The number of anilines is 1. The van der Waals surface area contributed by atoms with Crippen LogP contribution in [0.25, 0.3) is 0 Å². The Bertz CT molecular complexity index is 700. The first kappa shape index (κ1) is 16.3. The van der Waals surface area contributed by atoms with Gasteiger partial charge in [0.25, 0.3) is 5.91 Å². The number of carbonyl (C=O) groups excluding carboxylic acids is 1. The smallest absolute Gasteiger partial charge is 0.268 e. The predicted octanol–water partition coefficient (Wildman–Crippen LogP) is 1.90. The maximum Gasteiger partial charge on any atom is 0.268 e. The highest BCUT2D eigenvalue weighted by molar-refractivity contribution is 5.90. The van der Waals surface area contributed by atoms with E-state index in [0.717, 1.165) is 31.5 Å². The van der Waals surface area contributed by atoms with Crippen molar-refractivity contribution in [3.63, 3.8) is 0 Å². The molecule has 7 heteroatoms. The van der Waals surface area contributed by atoms with E-state index < -0.39 is 5.91 Å². The summed E-state index contributed by atoms with van der Waals surface area (Å²) in [5.74, 6) is -0.170. The second-order valence-corrected chi connectivity index (χ2v) is 5.75. The standard InChI is InChI=1S/C17H19FN4O2/c18-13-3-1-12(2-4-13)11-24-14-5-7-22(8-6-14)16-10-20-9-15(21-16)17(19)23/h1-4,9-10,14H,5-8,11H2,(H2,19,23). The molecular formula is C17H19FN4O2. The van der Waals surface area contributed by atoms with Crippen LogP contribution < -0.4 is 10.6 Å². The Morgan fingerprint density at radius 3 is 2.62 bits per heavy atom. The van der Waals surface area contributed by atoms with Crippen molar-refractivity contribution in [3.05, 3.63) is 53.7 Å². The topological polar surface area (TPSA) is 81.3 Å². The first-order valence-corrected chi connectivity index (χ1v) is 7.84. The molecule has 0 unspecified atom stereocenters. The van der Waals surface area contributed by atoms with Gasteiger partial charge in [-0.25, -0.2) is 9.37 Å². The Hall–Kier alpha value is -2.54. The largest absolute Gasteiger partial charge is 0.373 e. The van der Waals surface area contributed by atoms with Crippen molar-refractivity contribution in [3.8, 4) is 0 Å². The van der Waals surface area contributed by atoms with Crippen LogP contribution in [0.2, 0.25) is 0 Å². The second-order valence-electron chi connectivity index (χ2n) is 5.75. The average Bonchev–Trinajstić information content (AvgIpc) is 2.62. The van der Waals surface area contributed by atoms with Gasteiger partial charge in [0.15, 0.2) is 0 Å². The molecule has 0 aliphatic carbocycles. The van der Waals surface area contributed by atoms with Crippen molar-refractivity contribution in [1.82, 2.24) is 9.97 Å². The van der Waals surface area contributed by atoms with Crippen LogP contribution in [0, 0.1) is 5.82 Å². The van der Waals surface area contributed by atoms with Gasteiger partial charge in [0.1, 0.15) is 17.3 Å². The van der Waals surface area contributed by atoms with Crippen LogP contribution in [-0.2, 0) is 11.3 Å². The highest BCUT2D eigenvalue weighted by Crippen LogP contribution is 2.20. The minimum atomic E-state index is -0.582. The summed E-state index contributed by atoms with van der Waals surface area (Å²) in [4.78, 5) is 21.5. The molecule has 1 amide bonds. The number of hydrogen-bond donors (Lipinski definition) is 1. The van der Waals surface area contributed by atoms with Crippen LogP contribution in [0.3, 0.4) is 0 Å². The molecule has 0 spiro atoms. The minimum absolute atomic E-state index is 0.151. The summed E-state index contributed by atoms with van der Waals surface area (Å²) in [5, 5.41) is 0. The number of nitrogens with zero attached hydrogens (tertiary/aromatic N) is 3. The molecule has 1 aromatic heterocycles. The summed E-state index contributed by atoms with van der Waals surface area (Å²) < 4.78 is 18.8. The van der Waals surface area contributed by atoms with E-state index in [9.17, 15) is 9.18 Å². The number of primary amides is 1. The Labute approximate surface area is 139 Å². The lowest BCUT2D eigenvalue weighted by Crippen LogP contribution is -2.37. The molecule has 1 aliphatic heterocycles. The molecule has 0 saturated carbocycles. The zero-order valence-electron chi connectivity index (χ0n) is 13.2. The van der Waals surface area contributed by atoms with E-state index in [-0.39, 0.29) is 17.6 Å². The fraction of sp³-hybridized carbons (Fsp3) is 0.353. The number of nitrogens with two attached hydrogens (primary N) is 1. The van der Waals surface area contributed by atoms with E-state index in [1.807, 2.05) is 0 Å². The molecule has 6 nitrogen and oxygen atoms in total. The summed E-state index contributed by atoms with van der Waals surface area (Å²) in [6.07, 6.45) is 4.85. The lowest BCUT2D eigenvalue weighted by atomic mass is 10.1. The third-order valence-electron chi connectivity index (χ3n) is 4.04. The Morgan fingerprint density at radius 1 is 1.25 bits per heavy atom. The highest BCUT2D eigenvalue weighted by atomic mass is 19.1. The van der Waals surface area contributed by atoms with Crippen molar-refractivity contribution in [2.24, 2.45) is 5.73 Å². The average molecular weight is 330 g/mol. The van der Waals surface area contributed by atoms with Crippen molar-refractivity contribution in [1.29, 1.82) is 0 Å². The van der Waals surface area contributed by atoms with E-state index in [1.54, 1.807) is 18.3 Å². The maximum atomic E-state index is 12.9. The number of rotatable bonds is 5. The second kappa shape index (κ2) is 7.35. The molecule has 0 atom stereocenters. The molecule has 0 radical (unpaired) electrons. The molecule has 1 aliphatic rings. The first-order chi connectivity index (χ1) is 11.6. The molecule has 3 rings (SSSR count). The van der Waals surface area contributed by atoms with E-state index in [0.29, 0.717) is 12.4 Å². The quantitative estimate of drug-likeness (QED) is 0.905. The van der Waals surface area contributed by atoms with Gasteiger partial charge in [-0.3, -0.25) is 9.78 Å². The fourth-order valence-electron chi connectivity index (χ4n) is 2.67. The van der Waals surface area contributed by atoms with Gasteiger partial charge in [0, 0.05) is 13.1 Å². The number of carbonyl (C=O) groups is 1. The predicted molar refractivity (Wildman–Crippen MR) is 87.0 cm³/mol. The third-order valence-corrected chi connectivity index (χ3v) is 4.04. The zero-order chi connectivity index (χ0) is 16.9. The van der Waals surface area contributed by atoms with Gasteiger partial charge in [-0.1, -0.05) is 12.1 Å². The van der Waals surface area contributed by atoms with E-state index >= 15 is 0 Å². The van der Waals surface area contributed by atoms with Crippen LogP contribution >= 0.6 is 0 Å². The van der Waals surface area contributed by atoms with Gasteiger partial charge >= 0.3 is 0 Å². The number of halogens is 1. The summed E-state index contributed by atoms with van der Waals surface area (Å²) >= 11 is 0. The Kier molecular flexibility index (Phi) is 5.00. The number of amides is 1. The number of aromatic nitrogens is 2. The van der Waals surface area contributed by atoms with Gasteiger partial charge in [-0.05, 0) is 30.5 Å². The fourth-order valence-corrected chi connectivity index (χ4v) is 2.67. The van der Waals surface area contributed by atoms with Gasteiger partial charge in [-0.2, -0.15) is 0 Å². The summed E-state index contributed by atoms with van der Waals surface area (Å²) in [7, 11) is 0. The molecule has 2 aromatic rings. The molecule has 1 aromatic carbocycles. The maximum absolute atomic E-state index is 12.9. The van der Waals surface area contributed by atoms with Gasteiger partial charge in [0.2, 0.25) is 0 Å². The Balaban J connectivity index is 1.51. The van der Waals surface area contributed by atoms with Gasteiger partial charge in [-0.15, -0.1) is 0 Å². The van der Waals surface area contributed by atoms with Crippen molar-refractivity contribution < 1.29 is 13.9 Å². The molecular weight excluding hydrogens is 311 g/mol. The first-order valence-electron chi connectivity index (χ1n) is 7.84. The van der Waals surface area contributed by atoms with Crippen molar-refractivity contribution in [2.45, 2.75) is 25.6 Å². The summed E-state index contributed by atoms with van der Waals surface area (Å²) in [5.41, 5.74) is 6.36. The number of benzene rings is 1. The van der Waals surface area contributed by atoms with E-state index in [2.05, 4.69) is 14.9 Å². The van der Waals surface area contributed by atoms with Crippen LogP contribution in [0.4, 0.5) is 10.2 Å². The monoisotopic (exact) mass is 330 g/mol. The molecule has 24 heavy (non-hydrogen) atoms. The van der Waals surface area contributed by atoms with Gasteiger partial charge < -0.3 is 15.4 Å². The number of ether oxygens (including phenoxy) is 1. The van der Waals surface area contributed by atoms with E-state index in [4.69, 9.17) is 10.5 Å². The molecule has 1 fully saturated rings. The lowest BCUT2D eigenvalue weighted by Gasteiger charge is -2.32. The number of hydrogen-bond acceptors (Lipinski definition) is 5. The summed E-state index contributed by atoms with van der Waals surface area (Å²) in [6.45, 7) is 2.01. The highest BCUT2D eigenvalue weighted by Gasteiger charge is 2.21. The molecule has 126 valence electrons. The molecule has 0 bridgehead atoms. The normalized spacial score (nSPS) is 15.5. The van der Waals surface area contributed by atoms with E-state index in [1.165, 1.54) is 18.3 Å². The number of piperidine rings is 1. The van der Waals surface area contributed by atoms with Crippen LogP contribution in [0.1, 0.15) is 28.9 Å². The zero-order valence-corrected chi connectivity index (χ0v) is 13.2. The molecule has 1 saturated heterocycles. The van der Waals surface area contributed by atoms with Crippen LogP contribution in [-0.4, -0.2) is 35.1 Å². The van der Waals surface area contributed by atoms with Crippen molar-refractivity contribution in [2.75, 3.05) is 18.0 Å². The molecule has 2 N–H and O–H groups in total. The van der Waals surface area contributed by atoms with Crippen LogP contribution in [0.15, 0.2) is 36.7 Å². The SMILES string of the molecule is NC(=O)c1cncc(N2CCC(OCc3ccc(F)cc3)CC2)n1. The van der Waals surface area contributed by atoms with Gasteiger partial charge in [0.05, 0.1) is 25.1 Å². The molecule has 2 heterocycles. The summed E-state index contributed by atoms with van der Waals surface area (Å²) in [6, 6.07) is 6.34. The van der Waals surface area contributed by atoms with Crippen molar-refractivity contribution >= 4 is 11.7 Å². The van der Waals surface area contributed by atoms with Crippen LogP contribution in [0.5, 0.6) is 0 Å². The minimum Gasteiger partial charge on any atom is -0.373 e.